The van der Waals surface area contributed by atoms with E-state index in [2.05, 4.69) is 43.3 Å². The molecule has 0 bridgehead atoms. The maximum atomic E-state index is 12.6. The van der Waals surface area contributed by atoms with Gasteiger partial charge in [0.25, 0.3) is 0 Å². The number of allylic oxidation sites excluding steroid dienone is 2. The van der Waals surface area contributed by atoms with Crippen LogP contribution in [0, 0.1) is 29.6 Å². The molecule has 0 nitrogen and oxygen atoms in total. The Morgan fingerprint density at radius 3 is 1.72 bits per heavy atom. The zero-order valence-electron chi connectivity index (χ0n) is 20.6. The standard InChI is InChI=1S/C31H47F/c1-2-3-4-5-24-6-10-26(11-7-24)28-14-18-30(19-15-28)31-20-16-29(17-21-31)27-12-8-25(9-13-27)22-23-32/h2-3,6-7,10-11,25,27-31H,4-5,8-9,12-23H2,1H3/t25-,27-,28-,29-,30-,31-. The number of aryl methyl sites for hydroxylation is 1. The molecule has 0 aromatic heterocycles. The molecule has 3 saturated carbocycles. The van der Waals surface area contributed by atoms with Crippen molar-refractivity contribution in [1.82, 2.24) is 0 Å². The van der Waals surface area contributed by atoms with Crippen LogP contribution in [0.4, 0.5) is 4.39 Å². The van der Waals surface area contributed by atoms with Gasteiger partial charge in [-0.1, -0.05) is 49.3 Å². The molecule has 0 radical (unpaired) electrons. The topological polar surface area (TPSA) is 0 Å². The summed E-state index contributed by atoms with van der Waals surface area (Å²) in [7, 11) is 0. The van der Waals surface area contributed by atoms with Crippen LogP contribution in [0.3, 0.4) is 0 Å². The Bertz CT molecular complexity index is 665. The highest BCUT2D eigenvalue weighted by Crippen LogP contribution is 2.47. The summed E-state index contributed by atoms with van der Waals surface area (Å²) in [5, 5.41) is 0. The quantitative estimate of drug-likeness (QED) is 0.354. The van der Waals surface area contributed by atoms with E-state index in [0.717, 1.165) is 42.4 Å². The van der Waals surface area contributed by atoms with Gasteiger partial charge in [0.15, 0.2) is 0 Å². The second kappa shape index (κ2) is 12.4. The van der Waals surface area contributed by atoms with Crippen LogP contribution in [0.2, 0.25) is 0 Å². The van der Waals surface area contributed by atoms with Gasteiger partial charge in [0.05, 0.1) is 6.67 Å². The second-order valence-corrected chi connectivity index (χ2v) is 11.4. The van der Waals surface area contributed by atoms with Crippen molar-refractivity contribution >= 4 is 0 Å². The number of alkyl halides is 1. The fourth-order valence-corrected chi connectivity index (χ4v) is 7.49. The molecule has 0 heterocycles. The summed E-state index contributed by atoms with van der Waals surface area (Å²) >= 11 is 0. The minimum atomic E-state index is -0.106. The van der Waals surface area contributed by atoms with Gasteiger partial charge >= 0.3 is 0 Å². The molecule has 0 amide bonds. The Hall–Kier alpha value is -1.11. The van der Waals surface area contributed by atoms with Crippen LogP contribution in [-0.2, 0) is 6.42 Å². The summed E-state index contributed by atoms with van der Waals surface area (Å²) in [6.45, 7) is 2.00. The predicted octanol–water partition coefficient (Wildman–Crippen LogP) is 9.44. The molecule has 4 rings (SSSR count). The maximum absolute atomic E-state index is 12.6. The van der Waals surface area contributed by atoms with Crippen molar-refractivity contribution in [3.63, 3.8) is 0 Å². The SMILES string of the molecule is CC=CCCc1ccc([C@H]2CC[C@H]([C@H]3CC[C@H]([C@H]4CC[C@H](CCF)CC4)CC3)CC2)cc1. The Balaban J connectivity index is 1.17. The molecule has 0 saturated heterocycles. The highest BCUT2D eigenvalue weighted by atomic mass is 19.1. The van der Waals surface area contributed by atoms with E-state index in [4.69, 9.17) is 0 Å². The molecule has 1 aromatic rings. The number of rotatable bonds is 8. The Labute approximate surface area is 197 Å². The molecule has 0 spiro atoms. The van der Waals surface area contributed by atoms with Crippen LogP contribution in [0.5, 0.6) is 0 Å². The largest absolute Gasteiger partial charge is 0.251 e. The third-order valence-electron chi connectivity index (χ3n) is 9.62. The summed E-state index contributed by atoms with van der Waals surface area (Å²) in [5.41, 5.74) is 3.07. The van der Waals surface area contributed by atoms with E-state index >= 15 is 0 Å². The molecule has 3 aliphatic carbocycles. The van der Waals surface area contributed by atoms with Gasteiger partial charge in [-0.2, -0.15) is 0 Å². The van der Waals surface area contributed by atoms with Crippen LogP contribution >= 0.6 is 0 Å². The minimum absolute atomic E-state index is 0.106. The molecule has 0 N–H and O–H groups in total. The lowest BCUT2D eigenvalue weighted by Gasteiger charge is -2.41. The van der Waals surface area contributed by atoms with Gasteiger partial charge in [-0.05, 0) is 137 Å². The Kier molecular flexibility index (Phi) is 9.30. The molecule has 0 aliphatic heterocycles. The first kappa shape index (κ1) is 24.0. The van der Waals surface area contributed by atoms with Crippen molar-refractivity contribution in [3.05, 3.63) is 47.5 Å². The highest BCUT2D eigenvalue weighted by Gasteiger charge is 2.34. The predicted molar refractivity (Wildman–Crippen MR) is 136 cm³/mol. The first-order chi connectivity index (χ1) is 15.8. The monoisotopic (exact) mass is 438 g/mol. The molecular weight excluding hydrogens is 391 g/mol. The van der Waals surface area contributed by atoms with Gasteiger partial charge in [0.2, 0.25) is 0 Å². The zero-order valence-corrected chi connectivity index (χ0v) is 20.6. The van der Waals surface area contributed by atoms with Gasteiger partial charge in [0, 0.05) is 0 Å². The van der Waals surface area contributed by atoms with Crippen molar-refractivity contribution in [2.24, 2.45) is 29.6 Å². The molecule has 3 aliphatic rings. The van der Waals surface area contributed by atoms with Crippen LogP contribution in [0.25, 0.3) is 0 Å². The molecule has 0 atom stereocenters. The first-order valence-electron chi connectivity index (χ1n) is 14.0. The smallest absolute Gasteiger partial charge is 0.0897 e. The lowest BCUT2D eigenvalue weighted by molar-refractivity contribution is 0.108. The van der Waals surface area contributed by atoms with Crippen molar-refractivity contribution < 1.29 is 4.39 Å². The van der Waals surface area contributed by atoms with Crippen LogP contribution in [-0.4, -0.2) is 6.67 Å². The van der Waals surface area contributed by atoms with Gasteiger partial charge in [-0.25, -0.2) is 0 Å². The van der Waals surface area contributed by atoms with E-state index < -0.39 is 0 Å². The van der Waals surface area contributed by atoms with Gasteiger partial charge in [-0.15, -0.1) is 0 Å². The van der Waals surface area contributed by atoms with E-state index in [1.807, 2.05) is 0 Å². The van der Waals surface area contributed by atoms with Crippen molar-refractivity contribution in [3.8, 4) is 0 Å². The van der Waals surface area contributed by atoms with E-state index in [1.165, 1.54) is 89.0 Å². The fraction of sp³-hybridized carbons (Fsp3) is 0.742. The average Bonchev–Trinajstić information content (AvgIpc) is 2.86. The maximum Gasteiger partial charge on any atom is 0.0897 e. The fourth-order valence-electron chi connectivity index (χ4n) is 7.49. The molecule has 32 heavy (non-hydrogen) atoms. The van der Waals surface area contributed by atoms with Gasteiger partial charge < -0.3 is 0 Å². The van der Waals surface area contributed by atoms with Crippen molar-refractivity contribution in [2.45, 2.75) is 109 Å². The lowest BCUT2D eigenvalue weighted by Crippen LogP contribution is -2.29. The summed E-state index contributed by atoms with van der Waals surface area (Å²) in [6.07, 6.45) is 24.6. The van der Waals surface area contributed by atoms with Gasteiger partial charge in [0.1, 0.15) is 0 Å². The number of halogens is 1. The second-order valence-electron chi connectivity index (χ2n) is 11.4. The summed E-state index contributed by atoms with van der Waals surface area (Å²) < 4.78 is 12.6. The first-order valence-corrected chi connectivity index (χ1v) is 14.0. The Morgan fingerprint density at radius 1 is 0.719 bits per heavy atom. The van der Waals surface area contributed by atoms with E-state index in [1.54, 1.807) is 5.56 Å². The molecule has 1 heteroatoms. The van der Waals surface area contributed by atoms with Crippen LogP contribution in [0.1, 0.15) is 114 Å². The van der Waals surface area contributed by atoms with Crippen molar-refractivity contribution in [1.29, 1.82) is 0 Å². The van der Waals surface area contributed by atoms with E-state index in [-0.39, 0.29) is 6.67 Å². The third-order valence-corrected chi connectivity index (χ3v) is 9.62. The number of hydrogen-bond acceptors (Lipinski definition) is 0. The molecule has 0 unspecified atom stereocenters. The normalized spacial score (nSPS) is 34.1. The minimum Gasteiger partial charge on any atom is -0.251 e. The average molecular weight is 439 g/mol. The number of hydrogen-bond donors (Lipinski definition) is 0. The molecule has 3 fully saturated rings. The zero-order chi connectivity index (χ0) is 22.2. The van der Waals surface area contributed by atoms with Crippen molar-refractivity contribution in [2.75, 3.05) is 6.67 Å². The molecular formula is C31H47F. The Morgan fingerprint density at radius 2 is 1.22 bits per heavy atom. The van der Waals surface area contributed by atoms with Crippen LogP contribution in [0.15, 0.2) is 36.4 Å². The highest BCUT2D eigenvalue weighted by molar-refractivity contribution is 5.26. The van der Waals surface area contributed by atoms with Crippen LogP contribution < -0.4 is 0 Å². The molecule has 178 valence electrons. The van der Waals surface area contributed by atoms with Gasteiger partial charge in [-0.3, -0.25) is 4.39 Å². The number of benzene rings is 1. The summed E-state index contributed by atoms with van der Waals surface area (Å²) in [5.74, 6) is 5.43. The third kappa shape index (κ3) is 6.48. The van der Waals surface area contributed by atoms with E-state index in [0.29, 0.717) is 5.92 Å². The lowest BCUT2D eigenvalue weighted by atomic mass is 9.64. The summed E-state index contributed by atoms with van der Waals surface area (Å²) in [6, 6.07) is 9.58. The van der Waals surface area contributed by atoms with E-state index in [9.17, 15) is 4.39 Å². The summed E-state index contributed by atoms with van der Waals surface area (Å²) in [4.78, 5) is 0. The molecule has 1 aromatic carbocycles.